The van der Waals surface area contributed by atoms with Gasteiger partial charge >= 0.3 is 0 Å². The molecule has 0 atom stereocenters. The first-order valence-electron chi connectivity index (χ1n) is 6.73. The van der Waals surface area contributed by atoms with Crippen molar-refractivity contribution in [3.63, 3.8) is 0 Å². The Bertz CT molecular complexity index is 281. The van der Waals surface area contributed by atoms with Gasteiger partial charge in [0, 0.05) is 0 Å². The van der Waals surface area contributed by atoms with Crippen molar-refractivity contribution in [1.29, 1.82) is 0 Å². The van der Waals surface area contributed by atoms with Crippen molar-refractivity contribution in [3.8, 4) is 5.75 Å². The molecule has 1 N–H and O–H groups in total. The van der Waals surface area contributed by atoms with E-state index >= 15 is 0 Å². The van der Waals surface area contributed by atoms with Gasteiger partial charge in [0.25, 0.3) is 0 Å². The molecule has 0 aliphatic carbocycles. The number of aryl methyl sites for hydroxylation is 1. The van der Waals surface area contributed by atoms with E-state index in [0.29, 0.717) is 0 Å². The lowest BCUT2D eigenvalue weighted by Gasteiger charge is -2.06. The first kappa shape index (κ1) is 14.0. The quantitative estimate of drug-likeness (QED) is 0.662. The number of unbranched alkanes of at least 4 members (excludes halogenated alkanes) is 3. The molecule has 1 aromatic rings. The molecule has 96 valence electrons. The van der Waals surface area contributed by atoms with E-state index in [4.69, 9.17) is 4.74 Å². The fourth-order valence-corrected chi connectivity index (χ4v) is 1.77. The van der Waals surface area contributed by atoms with Gasteiger partial charge in [0.2, 0.25) is 0 Å². The van der Waals surface area contributed by atoms with Gasteiger partial charge in [-0.2, -0.15) is 0 Å². The second kappa shape index (κ2) is 9.06. The molecule has 0 bridgehead atoms. The van der Waals surface area contributed by atoms with Gasteiger partial charge in [-0.15, -0.1) is 0 Å². The predicted octanol–water partition coefficient (Wildman–Crippen LogP) is 3.41. The minimum Gasteiger partial charge on any atom is -0.494 e. The van der Waals surface area contributed by atoms with E-state index in [9.17, 15) is 0 Å². The van der Waals surface area contributed by atoms with E-state index in [2.05, 4.69) is 36.5 Å². The van der Waals surface area contributed by atoms with Gasteiger partial charge in [0.1, 0.15) is 5.75 Å². The highest BCUT2D eigenvalue weighted by Crippen LogP contribution is 2.13. The van der Waals surface area contributed by atoms with Crippen LogP contribution in [-0.4, -0.2) is 20.2 Å². The number of ether oxygens (including phenoxy) is 1. The number of hydrogen-bond donors (Lipinski definition) is 1. The molecule has 1 rings (SSSR count). The topological polar surface area (TPSA) is 21.3 Å². The second-order valence-electron chi connectivity index (χ2n) is 4.36. The van der Waals surface area contributed by atoms with Crippen molar-refractivity contribution in [2.75, 3.05) is 20.2 Å². The Balaban J connectivity index is 2.05. The molecule has 0 fully saturated rings. The molecule has 2 heteroatoms. The molecule has 0 amide bonds. The Morgan fingerprint density at radius 1 is 1.00 bits per heavy atom. The third-order valence-corrected chi connectivity index (χ3v) is 2.92. The maximum atomic E-state index is 5.70. The molecule has 0 radical (unpaired) electrons. The predicted molar refractivity (Wildman–Crippen MR) is 73.7 cm³/mol. The standard InChI is InChI=1S/C15H25NO/c1-3-14-8-10-15(11-9-14)17-13-7-5-4-6-12-16-2/h8-11,16H,3-7,12-13H2,1-2H3. The van der Waals surface area contributed by atoms with Crippen LogP contribution in [0.25, 0.3) is 0 Å². The molecule has 2 nitrogen and oxygen atoms in total. The van der Waals surface area contributed by atoms with E-state index in [0.717, 1.165) is 31.7 Å². The minimum absolute atomic E-state index is 0.838. The van der Waals surface area contributed by atoms with Crippen molar-refractivity contribution in [2.45, 2.75) is 39.0 Å². The first-order chi connectivity index (χ1) is 8.36. The molecule has 0 aliphatic heterocycles. The van der Waals surface area contributed by atoms with Crippen molar-refractivity contribution in [2.24, 2.45) is 0 Å². The molecule has 0 saturated carbocycles. The highest BCUT2D eigenvalue weighted by atomic mass is 16.5. The molecular formula is C15H25NO. The lowest BCUT2D eigenvalue weighted by molar-refractivity contribution is 0.304. The van der Waals surface area contributed by atoms with Gasteiger partial charge in [0.15, 0.2) is 0 Å². The summed E-state index contributed by atoms with van der Waals surface area (Å²) in [6, 6.07) is 8.42. The molecule has 0 heterocycles. The maximum Gasteiger partial charge on any atom is 0.119 e. The van der Waals surface area contributed by atoms with Gasteiger partial charge in [0.05, 0.1) is 6.61 Å². The Labute approximate surface area is 105 Å². The van der Waals surface area contributed by atoms with E-state index in [1.54, 1.807) is 0 Å². The SMILES string of the molecule is CCc1ccc(OCCCCCCNC)cc1. The van der Waals surface area contributed by atoms with Crippen LogP contribution >= 0.6 is 0 Å². The fourth-order valence-electron chi connectivity index (χ4n) is 1.77. The smallest absolute Gasteiger partial charge is 0.119 e. The van der Waals surface area contributed by atoms with Crippen LogP contribution in [0.2, 0.25) is 0 Å². The second-order valence-corrected chi connectivity index (χ2v) is 4.36. The van der Waals surface area contributed by atoms with Gasteiger partial charge in [-0.3, -0.25) is 0 Å². The van der Waals surface area contributed by atoms with Gasteiger partial charge in [-0.1, -0.05) is 31.9 Å². The molecule has 0 unspecified atom stereocenters. The third kappa shape index (κ3) is 6.32. The molecule has 0 spiro atoms. The Morgan fingerprint density at radius 2 is 1.71 bits per heavy atom. The van der Waals surface area contributed by atoms with Crippen LogP contribution in [0.3, 0.4) is 0 Å². The zero-order valence-corrected chi connectivity index (χ0v) is 11.2. The Morgan fingerprint density at radius 3 is 2.35 bits per heavy atom. The number of benzene rings is 1. The van der Waals surface area contributed by atoms with Gasteiger partial charge in [-0.25, -0.2) is 0 Å². The van der Waals surface area contributed by atoms with Gasteiger partial charge in [-0.05, 0) is 50.6 Å². The third-order valence-electron chi connectivity index (χ3n) is 2.92. The van der Waals surface area contributed by atoms with Crippen LogP contribution in [0.15, 0.2) is 24.3 Å². The Hall–Kier alpha value is -1.02. The highest BCUT2D eigenvalue weighted by molar-refractivity contribution is 5.27. The zero-order chi connectivity index (χ0) is 12.3. The summed E-state index contributed by atoms with van der Waals surface area (Å²) >= 11 is 0. The molecule has 1 aromatic carbocycles. The first-order valence-corrected chi connectivity index (χ1v) is 6.73. The number of rotatable bonds is 9. The van der Waals surface area contributed by atoms with E-state index in [1.807, 2.05) is 7.05 Å². The summed E-state index contributed by atoms with van der Waals surface area (Å²) in [5, 5.41) is 3.16. The molecule has 0 aliphatic rings. The summed E-state index contributed by atoms with van der Waals surface area (Å²) in [5.41, 5.74) is 1.37. The maximum absolute atomic E-state index is 5.70. The number of hydrogen-bond acceptors (Lipinski definition) is 2. The van der Waals surface area contributed by atoms with Crippen LogP contribution < -0.4 is 10.1 Å². The van der Waals surface area contributed by atoms with E-state index in [-0.39, 0.29) is 0 Å². The number of nitrogens with one attached hydrogen (secondary N) is 1. The van der Waals surface area contributed by atoms with Gasteiger partial charge < -0.3 is 10.1 Å². The van der Waals surface area contributed by atoms with Crippen LogP contribution in [-0.2, 0) is 6.42 Å². The van der Waals surface area contributed by atoms with Crippen LogP contribution in [0, 0.1) is 0 Å². The Kier molecular flexibility index (Phi) is 7.48. The summed E-state index contributed by atoms with van der Waals surface area (Å²) in [6.07, 6.45) is 6.06. The average Bonchev–Trinajstić information content (AvgIpc) is 2.38. The summed E-state index contributed by atoms with van der Waals surface area (Å²) < 4.78 is 5.70. The molecule has 17 heavy (non-hydrogen) atoms. The largest absolute Gasteiger partial charge is 0.494 e. The van der Waals surface area contributed by atoms with E-state index in [1.165, 1.54) is 24.8 Å². The highest BCUT2D eigenvalue weighted by Gasteiger charge is 1.94. The average molecular weight is 235 g/mol. The lowest BCUT2D eigenvalue weighted by Crippen LogP contribution is -2.07. The summed E-state index contributed by atoms with van der Waals surface area (Å²) in [7, 11) is 2.00. The molecular weight excluding hydrogens is 210 g/mol. The zero-order valence-electron chi connectivity index (χ0n) is 11.2. The van der Waals surface area contributed by atoms with Crippen LogP contribution in [0.1, 0.15) is 38.2 Å². The van der Waals surface area contributed by atoms with Crippen molar-refractivity contribution >= 4 is 0 Å². The van der Waals surface area contributed by atoms with Crippen molar-refractivity contribution in [1.82, 2.24) is 5.32 Å². The monoisotopic (exact) mass is 235 g/mol. The van der Waals surface area contributed by atoms with Crippen LogP contribution in [0.5, 0.6) is 5.75 Å². The minimum atomic E-state index is 0.838. The summed E-state index contributed by atoms with van der Waals surface area (Å²) in [4.78, 5) is 0. The fraction of sp³-hybridized carbons (Fsp3) is 0.600. The summed E-state index contributed by atoms with van der Waals surface area (Å²) in [6.45, 7) is 4.13. The van der Waals surface area contributed by atoms with Crippen LogP contribution in [0.4, 0.5) is 0 Å². The molecule has 0 saturated heterocycles. The summed E-state index contributed by atoms with van der Waals surface area (Å²) in [5.74, 6) is 0.998. The van der Waals surface area contributed by atoms with E-state index < -0.39 is 0 Å². The molecule has 0 aromatic heterocycles. The van der Waals surface area contributed by atoms with Crippen molar-refractivity contribution < 1.29 is 4.74 Å². The normalized spacial score (nSPS) is 10.5. The lowest BCUT2D eigenvalue weighted by atomic mass is 10.2. The van der Waals surface area contributed by atoms with Crippen molar-refractivity contribution in [3.05, 3.63) is 29.8 Å².